The molecule has 0 aromatic rings. The number of hydrogen-bond acceptors (Lipinski definition) is 2. The minimum absolute atomic E-state index is 0.157. The first-order valence-corrected chi connectivity index (χ1v) is 10.2. The fourth-order valence-corrected chi connectivity index (χ4v) is 5.78. The van der Waals surface area contributed by atoms with Crippen molar-refractivity contribution < 1.29 is 19.4 Å². The van der Waals surface area contributed by atoms with E-state index < -0.39 is 13.3 Å². The monoisotopic (exact) mass is 314 g/mol. The van der Waals surface area contributed by atoms with Crippen molar-refractivity contribution in [1.29, 1.82) is 0 Å². The summed E-state index contributed by atoms with van der Waals surface area (Å²) in [6.45, 7) is 0. The summed E-state index contributed by atoms with van der Waals surface area (Å²) in [7, 11) is -3.37. The molecule has 2 saturated carbocycles. The average molecular weight is 314 g/mol. The fourth-order valence-electron chi connectivity index (χ4n) is 3.70. The lowest BCUT2D eigenvalue weighted by Crippen LogP contribution is -2.13. The molecule has 4 nitrogen and oxygen atoms in total. The predicted octanol–water partition coefficient (Wildman–Crippen LogP) is 4.04. The minimum atomic E-state index is -3.37. The van der Waals surface area contributed by atoms with E-state index in [0.29, 0.717) is 12.1 Å². The van der Waals surface area contributed by atoms with Gasteiger partial charge in [0.15, 0.2) is 0 Å². The van der Waals surface area contributed by atoms with Crippen LogP contribution in [0.5, 0.6) is 0 Å². The van der Waals surface area contributed by atoms with Gasteiger partial charge >= 0.3 is 5.97 Å². The zero-order valence-corrected chi connectivity index (χ0v) is 13.6. The maximum atomic E-state index is 12.4. The van der Waals surface area contributed by atoms with Crippen LogP contribution in [0.3, 0.4) is 0 Å². The zero-order chi connectivity index (χ0) is 15.3. The second-order valence-corrected chi connectivity index (χ2v) is 9.11. The highest BCUT2D eigenvalue weighted by molar-refractivity contribution is 7.58. The number of carboxylic acids is 1. The maximum Gasteiger partial charge on any atom is 0.331 e. The summed E-state index contributed by atoms with van der Waals surface area (Å²) < 4.78 is 12.4. The summed E-state index contributed by atoms with van der Waals surface area (Å²) in [5, 5.41) is 9.33. The standard InChI is InChI=1S/C16H27O4P/c17-16(18)15(10-13-6-2-1-3-7-13)12-21(19,20)11-14-8-4-5-9-14/h10,13-14H,1-9,11-12H2,(H,17,18)(H,19,20)/b15-10+. The highest BCUT2D eigenvalue weighted by Gasteiger charge is 2.29. The van der Waals surface area contributed by atoms with Gasteiger partial charge in [-0.2, -0.15) is 0 Å². The van der Waals surface area contributed by atoms with E-state index in [0.717, 1.165) is 51.4 Å². The van der Waals surface area contributed by atoms with Crippen LogP contribution in [0, 0.1) is 11.8 Å². The van der Waals surface area contributed by atoms with E-state index >= 15 is 0 Å². The molecule has 0 aromatic carbocycles. The van der Waals surface area contributed by atoms with Crippen LogP contribution in [0.1, 0.15) is 57.8 Å². The van der Waals surface area contributed by atoms with Crippen molar-refractivity contribution in [2.45, 2.75) is 57.8 Å². The SMILES string of the molecule is O=C(O)/C(=C/C1CCCCC1)CP(=O)(O)CC1CCCC1. The Bertz CT molecular complexity index is 432. The summed E-state index contributed by atoms with van der Waals surface area (Å²) in [5.74, 6) is -0.442. The Morgan fingerprint density at radius 1 is 1.05 bits per heavy atom. The summed E-state index contributed by atoms with van der Waals surface area (Å²) >= 11 is 0. The molecule has 21 heavy (non-hydrogen) atoms. The van der Waals surface area contributed by atoms with E-state index in [9.17, 15) is 19.4 Å². The quantitative estimate of drug-likeness (QED) is 0.573. The number of aliphatic carboxylic acids is 1. The molecule has 1 unspecified atom stereocenters. The first-order valence-electron chi connectivity index (χ1n) is 8.21. The number of hydrogen-bond donors (Lipinski definition) is 2. The fraction of sp³-hybridized carbons (Fsp3) is 0.812. The molecule has 2 aliphatic rings. The van der Waals surface area contributed by atoms with E-state index in [1.165, 1.54) is 6.42 Å². The van der Waals surface area contributed by atoms with Gasteiger partial charge in [0.1, 0.15) is 0 Å². The third kappa shape index (κ3) is 5.60. The average Bonchev–Trinajstić information content (AvgIpc) is 2.91. The van der Waals surface area contributed by atoms with Crippen molar-refractivity contribution in [3.05, 3.63) is 11.6 Å². The molecule has 0 saturated heterocycles. The molecule has 5 heteroatoms. The van der Waals surface area contributed by atoms with Gasteiger partial charge in [0, 0.05) is 11.7 Å². The molecule has 0 heterocycles. The van der Waals surface area contributed by atoms with Gasteiger partial charge in [-0.05, 0) is 37.5 Å². The van der Waals surface area contributed by atoms with E-state index in [-0.39, 0.29) is 17.7 Å². The Morgan fingerprint density at radius 3 is 2.19 bits per heavy atom. The third-order valence-electron chi connectivity index (χ3n) is 4.80. The Labute approximate surface area is 127 Å². The molecule has 2 aliphatic carbocycles. The van der Waals surface area contributed by atoms with Crippen LogP contribution in [-0.4, -0.2) is 28.3 Å². The second-order valence-electron chi connectivity index (χ2n) is 6.73. The Balaban J connectivity index is 1.98. The van der Waals surface area contributed by atoms with Crippen LogP contribution < -0.4 is 0 Å². The van der Waals surface area contributed by atoms with Crippen LogP contribution in [-0.2, 0) is 9.36 Å². The summed E-state index contributed by atoms with van der Waals surface area (Å²) in [6, 6.07) is 0. The summed E-state index contributed by atoms with van der Waals surface area (Å²) in [5.41, 5.74) is 0.158. The van der Waals surface area contributed by atoms with Gasteiger partial charge in [0.05, 0.1) is 6.16 Å². The first kappa shape index (κ1) is 16.8. The lowest BCUT2D eigenvalue weighted by atomic mass is 9.88. The molecular formula is C16H27O4P. The van der Waals surface area contributed by atoms with Gasteiger partial charge in [-0.3, -0.25) is 4.57 Å². The van der Waals surface area contributed by atoms with Crippen molar-refractivity contribution >= 4 is 13.3 Å². The normalized spacial score (nSPS) is 24.9. The van der Waals surface area contributed by atoms with Crippen molar-refractivity contribution in [3.63, 3.8) is 0 Å². The van der Waals surface area contributed by atoms with Crippen molar-refractivity contribution in [2.24, 2.45) is 11.8 Å². The highest BCUT2D eigenvalue weighted by Crippen LogP contribution is 2.47. The molecule has 2 fully saturated rings. The van der Waals surface area contributed by atoms with Crippen LogP contribution in [0.25, 0.3) is 0 Å². The van der Waals surface area contributed by atoms with E-state index in [2.05, 4.69) is 0 Å². The van der Waals surface area contributed by atoms with E-state index in [1.54, 1.807) is 6.08 Å². The molecule has 1 atom stereocenters. The van der Waals surface area contributed by atoms with Crippen LogP contribution in [0.2, 0.25) is 0 Å². The number of rotatable bonds is 6. The number of carbonyl (C=O) groups is 1. The van der Waals surface area contributed by atoms with E-state index in [4.69, 9.17) is 0 Å². The molecule has 0 aliphatic heterocycles. The lowest BCUT2D eigenvalue weighted by molar-refractivity contribution is -0.132. The van der Waals surface area contributed by atoms with Crippen LogP contribution >= 0.6 is 7.37 Å². The van der Waals surface area contributed by atoms with Crippen molar-refractivity contribution in [3.8, 4) is 0 Å². The Morgan fingerprint density at radius 2 is 1.62 bits per heavy atom. The Hall–Kier alpha value is -0.600. The molecular weight excluding hydrogens is 287 g/mol. The van der Waals surface area contributed by atoms with Gasteiger partial charge in [0.25, 0.3) is 0 Å². The molecule has 0 spiro atoms. The molecule has 0 amide bonds. The lowest BCUT2D eigenvalue weighted by Gasteiger charge is -2.20. The first-order chi connectivity index (χ1) is 9.96. The predicted molar refractivity (Wildman–Crippen MR) is 83.8 cm³/mol. The topological polar surface area (TPSA) is 74.6 Å². The zero-order valence-electron chi connectivity index (χ0n) is 12.7. The Kier molecular flexibility index (Phi) is 6.07. The van der Waals surface area contributed by atoms with Gasteiger partial charge in [0.2, 0.25) is 7.37 Å². The number of allylic oxidation sites excluding steroid dienone is 1. The van der Waals surface area contributed by atoms with Gasteiger partial charge in [-0.15, -0.1) is 0 Å². The van der Waals surface area contributed by atoms with Crippen LogP contribution in [0.4, 0.5) is 0 Å². The highest BCUT2D eigenvalue weighted by atomic mass is 31.2. The third-order valence-corrected chi connectivity index (χ3v) is 6.72. The maximum absolute atomic E-state index is 12.4. The van der Waals surface area contributed by atoms with Crippen molar-refractivity contribution in [2.75, 3.05) is 12.3 Å². The molecule has 0 radical (unpaired) electrons. The summed E-state index contributed by atoms with van der Waals surface area (Å²) in [6.07, 6.45) is 11.7. The molecule has 2 N–H and O–H groups in total. The smallest absolute Gasteiger partial charge is 0.331 e. The number of carboxylic acid groups (broad SMARTS) is 1. The second kappa shape index (κ2) is 7.60. The minimum Gasteiger partial charge on any atom is -0.478 e. The van der Waals surface area contributed by atoms with E-state index in [1.807, 2.05) is 0 Å². The molecule has 2 rings (SSSR count). The van der Waals surface area contributed by atoms with Crippen LogP contribution in [0.15, 0.2) is 11.6 Å². The van der Waals surface area contributed by atoms with Gasteiger partial charge < -0.3 is 10.00 Å². The van der Waals surface area contributed by atoms with Gasteiger partial charge in [-0.25, -0.2) is 4.79 Å². The molecule has 0 aromatic heterocycles. The molecule has 0 bridgehead atoms. The summed E-state index contributed by atoms with van der Waals surface area (Å²) in [4.78, 5) is 21.6. The van der Waals surface area contributed by atoms with Crippen molar-refractivity contribution in [1.82, 2.24) is 0 Å². The molecule has 120 valence electrons. The largest absolute Gasteiger partial charge is 0.478 e. The van der Waals surface area contributed by atoms with Gasteiger partial charge in [-0.1, -0.05) is 38.2 Å².